The fraction of sp³-hybridized carbons (Fsp3) is 0.238. The van der Waals surface area contributed by atoms with Crippen molar-refractivity contribution in [2.75, 3.05) is 31.1 Å². The molecule has 27 heavy (non-hydrogen) atoms. The zero-order valence-corrected chi connectivity index (χ0v) is 15.7. The molecule has 0 atom stereocenters. The SMILES string of the molecule is CC(=O)c1ccc(N2CCN(C(=O)c3cc4cc(Cl)ccc4o3)CC2)cc1. The number of benzene rings is 2. The van der Waals surface area contributed by atoms with Crippen LogP contribution >= 0.6 is 11.6 Å². The second-order valence-electron chi connectivity index (χ2n) is 6.68. The standard InChI is InChI=1S/C21H19ClN2O3/c1-14(25)15-2-5-18(6-3-15)23-8-10-24(11-9-23)21(26)20-13-16-12-17(22)4-7-19(16)27-20/h2-7,12-13H,8-11H2,1H3. The summed E-state index contributed by atoms with van der Waals surface area (Å²) in [6.45, 7) is 4.26. The summed E-state index contributed by atoms with van der Waals surface area (Å²) in [5.74, 6) is 0.296. The molecular weight excluding hydrogens is 364 g/mol. The quantitative estimate of drug-likeness (QED) is 0.635. The Hall–Kier alpha value is -2.79. The number of Topliss-reactive ketones (excluding diaryl/α,β-unsaturated/α-hetero) is 1. The first kappa shape index (κ1) is 17.6. The van der Waals surface area contributed by atoms with Crippen molar-refractivity contribution in [1.29, 1.82) is 0 Å². The molecule has 1 aliphatic heterocycles. The zero-order chi connectivity index (χ0) is 19.0. The van der Waals surface area contributed by atoms with Gasteiger partial charge in [-0.15, -0.1) is 0 Å². The van der Waals surface area contributed by atoms with Crippen LogP contribution in [-0.4, -0.2) is 42.8 Å². The summed E-state index contributed by atoms with van der Waals surface area (Å²) >= 11 is 6.00. The number of hydrogen-bond acceptors (Lipinski definition) is 4. The molecule has 0 unspecified atom stereocenters. The van der Waals surface area contributed by atoms with Gasteiger partial charge in [0, 0.05) is 47.8 Å². The van der Waals surface area contributed by atoms with Crippen LogP contribution in [-0.2, 0) is 0 Å². The van der Waals surface area contributed by atoms with E-state index >= 15 is 0 Å². The number of piperazine rings is 1. The third-order valence-corrected chi connectivity index (χ3v) is 5.13. The fourth-order valence-electron chi connectivity index (χ4n) is 3.35. The van der Waals surface area contributed by atoms with Crippen LogP contribution in [0.15, 0.2) is 52.9 Å². The molecule has 2 aromatic carbocycles. The van der Waals surface area contributed by atoms with Crippen molar-refractivity contribution in [3.63, 3.8) is 0 Å². The van der Waals surface area contributed by atoms with Crippen LogP contribution in [0.5, 0.6) is 0 Å². The summed E-state index contributed by atoms with van der Waals surface area (Å²) in [5, 5.41) is 1.45. The van der Waals surface area contributed by atoms with Gasteiger partial charge in [-0.3, -0.25) is 9.59 Å². The lowest BCUT2D eigenvalue weighted by molar-refractivity contribution is 0.0717. The Bertz CT molecular complexity index is 1000. The predicted octanol–water partition coefficient (Wildman–Crippen LogP) is 4.25. The van der Waals surface area contributed by atoms with Gasteiger partial charge in [-0.25, -0.2) is 0 Å². The lowest BCUT2D eigenvalue weighted by atomic mass is 10.1. The third-order valence-electron chi connectivity index (χ3n) is 4.89. The van der Waals surface area contributed by atoms with E-state index in [-0.39, 0.29) is 11.7 Å². The van der Waals surface area contributed by atoms with E-state index < -0.39 is 0 Å². The maximum absolute atomic E-state index is 12.8. The number of hydrogen-bond donors (Lipinski definition) is 0. The molecule has 138 valence electrons. The van der Waals surface area contributed by atoms with E-state index in [0.717, 1.165) is 24.2 Å². The van der Waals surface area contributed by atoms with Crippen LogP contribution in [0.4, 0.5) is 5.69 Å². The van der Waals surface area contributed by atoms with E-state index in [1.54, 1.807) is 36.1 Å². The van der Waals surface area contributed by atoms with Gasteiger partial charge >= 0.3 is 0 Å². The van der Waals surface area contributed by atoms with Gasteiger partial charge in [0.1, 0.15) is 5.58 Å². The molecule has 0 bridgehead atoms. The highest BCUT2D eigenvalue weighted by Gasteiger charge is 2.24. The Balaban J connectivity index is 1.43. The summed E-state index contributed by atoms with van der Waals surface area (Å²) in [5.41, 5.74) is 2.43. The van der Waals surface area contributed by atoms with E-state index in [2.05, 4.69) is 4.90 Å². The van der Waals surface area contributed by atoms with Gasteiger partial charge in [0.25, 0.3) is 5.91 Å². The number of fused-ring (bicyclic) bond motifs is 1. The molecule has 1 amide bonds. The third kappa shape index (κ3) is 3.55. The van der Waals surface area contributed by atoms with Crippen LogP contribution in [0.25, 0.3) is 11.0 Å². The molecule has 0 radical (unpaired) electrons. The monoisotopic (exact) mass is 382 g/mol. The number of halogens is 1. The van der Waals surface area contributed by atoms with Gasteiger partial charge in [0.15, 0.2) is 11.5 Å². The number of rotatable bonds is 3. The first-order valence-corrected chi connectivity index (χ1v) is 9.23. The van der Waals surface area contributed by atoms with Crippen molar-refractivity contribution >= 4 is 39.9 Å². The Labute approximate surface area is 162 Å². The van der Waals surface area contributed by atoms with Gasteiger partial charge < -0.3 is 14.2 Å². The van der Waals surface area contributed by atoms with E-state index in [0.29, 0.717) is 35.0 Å². The molecule has 2 heterocycles. The maximum atomic E-state index is 12.8. The molecule has 1 fully saturated rings. The Morgan fingerprint density at radius 3 is 2.33 bits per heavy atom. The first-order chi connectivity index (χ1) is 13.0. The Morgan fingerprint density at radius 2 is 1.67 bits per heavy atom. The molecule has 0 aliphatic carbocycles. The number of anilines is 1. The van der Waals surface area contributed by atoms with Gasteiger partial charge in [-0.2, -0.15) is 0 Å². The smallest absolute Gasteiger partial charge is 0.289 e. The fourth-order valence-corrected chi connectivity index (χ4v) is 3.53. The number of carbonyl (C=O) groups excluding carboxylic acids is 2. The zero-order valence-electron chi connectivity index (χ0n) is 14.9. The van der Waals surface area contributed by atoms with Crippen LogP contribution < -0.4 is 4.90 Å². The minimum absolute atomic E-state index is 0.0593. The van der Waals surface area contributed by atoms with E-state index in [1.165, 1.54) is 0 Å². The van der Waals surface area contributed by atoms with Crippen molar-refractivity contribution in [2.45, 2.75) is 6.92 Å². The molecule has 6 heteroatoms. The summed E-state index contributed by atoms with van der Waals surface area (Å²) in [6, 6.07) is 14.7. The van der Waals surface area contributed by atoms with E-state index in [9.17, 15) is 9.59 Å². The summed E-state index contributed by atoms with van der Waals surface area (Å²) in [4.78, 5) is 28.2. The van der Waals surface area contributed by atoms with Gasteiger partial charge in [0.05, 0.1) is 0 Å². The molecule has 1 aromatic heterocycles. The lowest BCUT2D eigenvalue weighted by Crippen LogP contribution is -2.48. The molecular formula is C21H19ClN2O3. The molecule has 3 aromatic rings. The van der Waals surface area contributed by atoms with Crippen LogP contribution in [0.3, 0.4) is 0 Å². The summed E-state index contributed by atoms with van der Waals surface area (Å²) < 4.78 is 5.69. The highest BCUT2D eigenvalue weighted by Crippen LogP contribution is 2.25. The second-order valence-corrected chi connectivity index (χ2v) is 7.11. The average molecular weight is 383 g/mol. The van der Waals surface area contributed by atoms with Crippen molar-refractivity contribution in [2.24, 2.45) is 0 Å². The topological polar surface area (TPSA) is 53.8 Å². The normalized spacial score (nSPS) is 14.6. The number of carbonyl (C=O) groups is 2. The number of nitrogens with zero attached hydrogens (tertiary/aromatic N) is 2. The Kier molecular flexibility index (Phi) is 4.62. The average Bonchev–Trinajstić information content (AvgIpc) is 3.11. The molecule has 4 rings (SSSR count). The largest absolute Gasteiger partial charge is 0.451 e. The van der Waals surface area contributed by atoms with Crippen molar-refractivity contribution < 1.29 is 14.0 Å². The van der Waals surface area contributed by atoms with Crippen LogP contribution in [0.1, 0.15) is 27.8 Å². The maximum Gasteiger partial charge on any atom is 0.289 e. The van der Waals surface area contributed by atoms with Crippen molar-refractivity contribution in [3.8, 4) is 0 Å². The summed E-state index contributed by atoms with van der Waals surface area (Å²) in [6.07, 6.45) is 0. The second kappa shape index (κ2) is 7.08. The molecule has 1 saturated heterocycles. The highest BCUT2D eigenvalue weighted by atomic mass is 35.5. The number of amides is 1. The molecule has 0 saturated carbocycles. The predicted molar refractivity (Wildman–Crippen MR) is 106 cm³/mol. The lowest BCUT2D eigenvalue weighted by Gasteiger charge is -2.35. The molecule has 5 nitrogen and oxygen atoms in total. The molecule has 0 spiro atoms. The van der Waals surface area contributed by atoms with Crippen LogP contribution in [0, 0.1) is 0 Å². The van der Waals surface area contributed by atoms with Crippen molar-refractivity contribution in [1.82, 2.24) is 4.90 Å². The van der Waals surface area contributed by atoms with Gasteiger partial charge in [-0.1, -0.05) is 11.6 Å². The van der Waals surface area contributed by atoms with Gasteiger partial charge in [-0.05, 0) is 55.5 Å². The molecule has 0 N–H and O–H groups in total. The number of ketones is 1. The Morgan fingerprint density at radius 1 is 0.963 bits per heavy atom. The van der Waals surface area contributed by atoms with Crippen molar-refractivity contribution in [3.05, 3.63) is 64.9 Å². The van der Waals surface area contributed by atoms with Crippen LogP contribution in [0.2, 0.25) is 5.02 Å². The highest BCUT2D eigenvalue weighted by molar-refractivity contribution is 6.31. The minimum Gasteiger partial charge on any atom is -0.451 e. The van der Waals surface area contributed by atoms with E-state index in [4.69, 9.17) is 16.0 Å². The van der Waals surface area contributed by atoms with Gasteiger partial charge in [0.2, 0.25) is 0 Å². The summed E-state index contributed by atoms with van der Waals surface area (Å²) in [7, 11) is 0. The van der Waals surface area contributed by atoms with E-state index in [1.807, 2.05) is 24.3 Å². The molecule has 1 aliphatic rings. The minimum atomic E-state index is -0.103. The first-order valence-electron chi connectivity index (χ1n) is 8.85. The number of furan rings is 1.